The second-order valence-electron chi connectivity index (χ2n) is 2.94. The van der Waals surface area contributed by atoms with Crippen LogP contribution >= 0.6 is 0 Å². The molecule has 16 heavy (non-hydrogen) atoms. The third-order valence-electron chi connectivity index (χ3n) is 1.90. The van der Waals surface area contributed by atoms with Crippen molar-refractivity contribution in [1.82, 2.24) is 9.97 Å². The Labute approximate surface area is 92.9 Å². The molecule has 0 spiro atoms. The number of nitrogens with zero attached hydrogens (tertiary/aromatic N) is 2. The Morgan fingerprint density at radius 1 is 1.31 bits per heavy atom. The molecule has 0 aliphatic rings. The fourth-order valence-electron chi connectivity index (χ4n) is 1.16. The van der Waals surface area contributed by atoms with Gasteiger partial charge < -0.3 is 15.2 Å². The number of ether oxygens (including phenoxy) is 2. The van der Waals surface area contributed by atoms with E-state index in [0.29, 0.717) is 11.6 Å². The Kier molecular flexibility index (Phi) is 2.86. The molecule has 0 aliphatic carbocycles. The summed E-state index contributed by atoms with van der Waals surface area (Å²) in [6.45, 7) is 0. The maximum absolute atomic E-state index is 5.76. The first-order valence-electron chi connectivity index (χ1n) is 4.59. The van der Waals surface area contributed by atoms with Gasteiger partial charge >= 0.3 is 0 Å². The Hall–Kier alpha value is -2.30. The number of hydrogen-bond acceptors (Lipinski definition) is 5. The van der Waals surface area contributed by atoms with Crippen molar-refractivity contribution in [3.63, 3.8) is 0 Å². The molecular formula is C11H10N3O2. The second-order valence-corrected chi connectivity index (χ2v) is 2.94. The van der Waals surface area contributed by atoms with Crippen molar-refractivity contribution in [1.29, 1.82) is 0 Å². The molecule has 5 heteroatoms. The number of methoxy groups -OCH3 is 1. The van der Waals surface area contributed by atoms with Crippen molar-refractivity contribution in [3.8, 4) is 17.5 Å². The van der Waals surface area contributed by atoms with Gasteiger partial charge in [-0.1, -0.05) is 12.1 Å². The minimum atomic E-state index is 0.270. The standard InChI is InChI=1S/C11H10N3O2/c1-15-10-9(12)11(14-7-13-10)16-8-5-3-2-4-6-8/h2-3,5-7H,12H2,1H3. The van der Waals surface area contributed by atoms with Crippen molar-refractivity contribution in [2.75, 3.05) is 12.8 Å². The summed E-state index contributed by atoms with van der Waals surface area (Å²) >= 11 is 0. The van der Waals surface area contributed by atoms with Crippen molar-refractivity contribution in [2.24, 2.45) is 0 Å². The van der Waals surface area contributed by atoms with Gasteiger partial charge in [-0.3, -0.25) is 0 Å². The SMILES string of the molecule is COc1ncnc(Oc2c[c]ccc2)c1N. The molecule has 1 radical (unpaired) electrons. The number of rotatable bonds is 3. The first kappa shape index (κ1) is 10.2. The van der Waals surface area contributed by atoms with Crippen molar-refractivity contribution >= 4 is 5.69 Å². The van der Waals surface area contributed by atoms with Gasteiger partial charge in [0.1, 0.15) is 12.1 Å². The number of aromatic nitrogens is 2. The fourth-order valence-corrected chi connectivity index (χ4v) is 1.16. The van der Waals surface area contributed by atoms with Gasteiger partial charge in [0.05, 0.1) is 7.11 Å². The second kappa shape index (κ2) is 4.48. The van der Waals surface area contributed by atoms with Crippen molar-refractivity contribution in [3.05, 3.63) is 36.7 Å². The van der Waals surface area contributed by atoms with E-state index in [4.69, 9.17) is 15.2 Å². The highest BCUT2D eigenvalue weighted by atomic mass is 16.5. The maximum atomic E-state index is 5.76. The van der Waals surface area contributed by atoms with Crippen LogP contribution in [0, 0.1) is 6.07 Å². The molecule has 0 saturated heterocycles. The predicted molar refractivity (Wildman–Crippen MR) is 58.3 cm³/mol. The highest BCUT2D eigenvalue weighted by Gasteiger charge is 2.09. The molecule has 0 unspecified atom stereocenters. The Morgan fingerprint density at radius 3 is 2.81 bits per heavy atom. The average Bonchev–Trinajstić information content (AvgIpc) is 2.33. The van der Waals surface area contributed by atoms with Crippen molar-refractivity contribution in [2.45, 2.75) is 0 Å². The summed E-state index contributed by atoms with van der Waals surface area (Å²) in [4.78, 5) is 7.78. The molecule has 2 N–H and O–H groups in total. The van der Waals surface area contributed by atoms with E-state index in [1.54, 1.807) is 18.2 Å². The highest BCUT2D eigenvalue weighted by molar-refractivity contribution is 5.56. The zero-order valence-corrected chi connectivity index (χ0v) is 8.68. The van der Waals surface area contributed by atoms with Crippen LogP contribution in [0.5, 0.6) is 17.5 Å². The lowest BCUT2D eigenvalue weighted by molar-refractivity contribution is 0.391. The molecule has 0 aliphatic heterocycles. The van der Waals surface area contributed by atoms with Crippen LogP contribution in [0.25, 0.3) is 0 Å². The van der Waals surface area contributed by atoms with Crippen LogP contribution in [-0.4, -0.2) is 17.1 Å². The number of nitrogen functional groups attached to an aromatic ring is 1. The van der Waals surface area contributed by atoms with Gasteiger partial charge in [-0.2, -0.15) is 9.97 Å². The maximum Gasteiger partial charge on any atom is 0.249 e. The van der Waals surface area contributed by atoms with Gasteiger partial charge in [0, 0.05) is 0 Å². The van der Waals surface area contributed by atoms with Crippen LogP contribution in [0.15, 0.2) is 30.6 Å². The van der Waals surface area contributed by atoms with Gasteiger partial charge in [-0.25, -0.2) is 0 Å². The molecule has 0 bridgehead atoms. The molecule has 81 valence electrons. The topological polar surface area (TPSA) is 70.3 Å². The molecular weight excluding hydrogens is 206 g/mol. The first-order chi connectivity index (χ1) is 7.81. The molecule has 2 rings (SSSR count). The fraction of sp³-hybridized carbons (Fsp3) is 0.0909. The van der Waals surface area contributed by atoms with Gasteiger partial charge in [-0.05, 0) is 18.2 Å². The van der Waals surface area contributed by atoms with Gasteiger partial charge in [-0.15, -0.1) is 0 Å². The van der Waals surface area contributed by atoms with E-state index in [-0.39, 0.29) is 11.6 Å². The van der Waals surface area contributed by atoms with E-state index < -0.39 is 0 Å². The molecule has 2 aromatic rings. The number of anilines is 1. The first-order valence-corrected chi connectivity index (χ1v) is 4.59. The zero-order valence-electron chi connectivity index (χ0n) is 8.68. The van der Waals surface area contributed by atoms with Gasteiger partial charge in [0.2, 0.25) is 11.8 Å². The zero-order chi connectivity index (χ0) is 11.4. The van der Waals surface area contributed by atoms with E-state index in [2.05, 4.69) is 16.0 Å². The summed E-state index contributed by atoms with van der Waals surface area (Å²) in [5.41, 5.74) is 6.03. The number of benzene rings is 1. The van der Waals surface area contributed by atoms with Crippen LogP contribution in [-0.2, 0) is 0 Å². The lowest BCUT2D eigenvalue weighted by Gasteiger charge is -2.08. The summed E-state index contributed by atoms with van der Waals surface area (Å²) in [5, 5.41) is 0. The predicted octanol–water partition coefficient (Wildman–Crippen LogP) is 1.66. The highest BCUT2D eigenvalue weighted by Crippen LogP contribution is 2.29. The van der Waals surface area contributed by atoms with E-state index in [1.165, 1.54) is 13.4 Å². The van der Waals surface area contributed by atoms with Crippen LogP contribution in [0.1, 0.15) is 0 Å². The Morgan fingerprint density at radius 2 is 2.12 bits per heavy atom. The third kappa shape index (κ3) is 2.03. The lowest BCUT2D eigenvalue weighted by atomic mass is 10.3. The summed E-state index contributed by atoms with van der Waals surface area (Å²) in [5.74, 6) is 1.17. The van der Waals surface area contributed by atoms with Crippen LogP contribution < -0.4 is 15.2 Å². The molecule has 0 amide bonds. The quantitative estimate of drug-likeness (QED) is 0.844. The normalized spacial score (nSPS) is 9.81. The molecule has 1 heterocycles. The summed E-state index contributed by atoms with van der Waals surface area (Å²) in [6.07, 6.45) is 1.33. The Balaban J connectivity index is 2.28. The molecule has 0 atom stereocenters. The largest absolute Gasteiger partial charge is 0.479 e. The van der Waals surface area contributed by atoms with E-state index in [1.807, 2.05) is 6.07 Å². The van der Waals surface area contributed by atoms with Crippen LogP contribution in [0.3, 0.4) is 0 Å². The van der Waals surface area contributed by atoms with Crippen LogP contribution in [0.2, 0.25) is 0 Å². The van der Waals surface area contributed by atoms with Crippen LogP contribution in [0.4, 0.5) is 5.69 Å². The number of hydrogen-bond donors (Lipinski definition) is 1. The van der Waals surface area contributed by atoms with E-state index in [0.717, 1.165) is 0 Å². The molecule has 5 nitrogen and oxygen atoms in total. The summed E-state index contributed by atoms with van der Waals surface area (Å²) in [7, 11) is 1.48. The smallest absolute Gasteiger partial charge is 0.249 e. The molecule has 0 saturated carbocycles. The molecule has 1 aromatic heterocycles. The van der Waals surface area contributed by atoms with Crippen molar-refractivity contribution < 1.29 is 9.47 Å². The average molecular weight is 216 g/mol. The summed E-state index contributed by atoms with van der Waals surface area (Å²) < 4.78 is 10.4. The third-order valence-corrected chi connectivity index (χ3v) is 1.90. The minimum absolute atomic E-state index is 0.270. The van der Waals surface area contributed by atoms with Gasteiger partial charge in [0.25, 0.3) is 0 Å². The molecule has 0 fully saturated rings. The number of nitrogens with two attached hydrogens (primary N) is 1. The van der Waals surface area contributed by atoms with Gasteiger partial charge in [0.15, 0.2) is 5.69 Å². The van der Waals surface area contributed by atoms with E-state index in [9.17, 15) is 0 Å². The Bertz CT molecular complexity index is 474. The summed E-state index contributed by atoms with van der Waals surface area (Å²) in [6, 6.07) is 9.94. The monoisotopic (exact) mass is 216 g/mol. The minimum Gasteiger partial charge on any atom is -0.479 e. The lowest BCUT2D eigenvalue weighted by Crippen LogP contribution is -2.00. The molecule has 1 aromatic carbocycles. The van der Waals surface area contributed by atoms with E-state index >= 15 is 0 Å².